The van der Waals surface area contributed by atoms with Crippen molar-refractivity contribution in [2.45, 2.75) is 92.2 Å². The van der Waals surface area contributed by atoms with Crippen molar-refractivity contribution in [1.82, 2.24) is 14.8 Å². The van der Waals surface area contributed by atoms with Crippen LogP contribution in [0.2, 0.25) is 5.15 Å². The molecule has 2 aromatic rings. The van der Waals surface area contributed by atoms with Gasteiger partial charge in [0, 0.05) is 49.3 Å². The van der Waals surface area contributed by atoms with Gasteiger partial charge in [-0.2, -0.15) is 0 Å². The van der Waals surface area contributed by atoms with Crippen molar-refractivity contribution in [3.8, 4) is 11.5 Å². The molecule has 1 amide bonds. The molecule has 40 heavy (non-hydrogen) atoms. The van der Waals surface area contributed by atoms with Crippen LogP contribution in [0.4, 0.5) is 0 Å². The maximum atomic E-state index is 13.7. The van der Waals surface area contributed by atoms with Crippen molar-refractivity contribution in [2.24, 2.45) is 5.41 Å². The Balaban J connectivity index is 1.31. The zero-order valence-corrected chi connectivity index (χ0v) is 25.6. The van der Waals surface area contributed by atoms with Gasteiger partial charge in [0.25, 0.3) is 0 Å². The first-order chi connectivity index (χ1) is 18.9. The summed E-state index contributed by atoms with van der Waals surface area (Å²) in [5.74, 6) is 1.70. The first-order valence-corrected chi connectivity index (χ1v) is 14.9. The number of piperidine rings is 1. The van der Waals surface area contributed by atoms with Gasteiger partial charge in [-0.1, -0.05) is 44.5 Å². The highest BCUT2D eigenvalue weighted by Crippen LogP contribution is 2.36. The third-order valence-corrected chi connectivity index (χ3v) is 8.21. The van der Waals surface area contributed by atoms with Gasteiger partial charge in [0.15, 0.2) is 17.3 Å². The molecule has 0 spiro atoms. The predicted octanol–water partition coefficient (Wildman–Crippen LogP) is 6.40. The van der Waals surface area contributed by atoms with E-state index in [1.54, 1.807) is 6.07 Å². The summed E-state index contributed by atoms with van der Waals surface area (Å²) in [5, 5.41) is 0.429. The quantitative estimate of drug-likeness (QED) is 0.243. The number of ketones is 1. The highest BCUT2D eigenvalue weighted by molar-refractivity contribution is 6.29. The fourth-order valence-corrected chi connectivity index (χ4v) is 6.33. The molecule has 0 radical (unpaired) electrons. The molecule has 4 rings (SSSR count). The Labute approximate surface area is 244 Å². The van der Waals surface area contributed by atoms with Gasteiger partial charge in [0.1, 0.15) is 5.15 Å². The van der Waals surface area contributed by atoms with Crippen LogP contribution in [0.5, 0.6) is 11.5 Å². The molecule has 1 atom stereocenters. The molecule has 8 heteroatoms. The third kappa shape index (κ3) is 7.55. The summed E-state index contributed by atoms with van der Waals surface area (Å²) in [6.07, 6.45) is 4.52. The summed E-state index contributed by atoms with van der Waals surface area (Å²) < 4.78 is 11.2. The lowest BCUT2D eigenvalue weighted by atomic mass is 9.92. The van der Waals surface area contributed by atoms with Gasteiger partial charge in [-0.3, -0.25) is 9.59 Å². The molecule has 0 unspecified atom stereocenters. The topological polar surface area (TPSA) is 72.0 Å². The van der Waals surface area contributed by atoms with Gasteiger partial charge in [0.05, 0.1) is 12.1 Å². The molecule has 218 valence electrons. The summed E-state index contributed by atoms with van der Waals surface area (Å²) in [4.78, 5) is 35.4. The normalized spacial score (nSPS) is 16.7. The Morgan fingerprint density at radius 3 is 2.58 bits per heavy atom. The number of likely N-dealkylation sites (tertiary alicyclic amines) is 1. The molecule has 2 aliphatic rings. The molecule has 1 saturated heterocycles. The number of carbonyl (C=O) groups is 2. The zero-order chi connectivity index (χ0) is 29.0. The van der Waals surface area contributed by atoms with Crippen molar-refractivity contribution in [3.05, 3.63) is 51.8 Å². The number of aryl methyl sites for hydroxylation is 2. The number of fused-ring (bicyclic) bond motifs is 1. The number of ether oxygens (including phenoxy) is 2. The highest BCUT2D eigenvalue weighted by Gasteiger charge is 2.33. The number of amides is 1. The lowest BCUT2D eigenvalue weighted by molar-refractivity contribution is -0.135. The van der Waals surface area contributed by atoms with Crippen LogP contribution in [0.25, 0.3) is 0 Å². The summed E-state index contributed by atoms with van der Waals surface area (Å²) in [6, 6.07) is 8.13. The van der Waals surface area contributed by atoms with Crippen LogP contribution >= 0.6 is 11.6 Å². The van der Waals surface area contributed by atoms with E-state index in [4.69, 9.17) is 21.1 Å². The van der Waals surface area contributed by atoms with E-state index < -0.39 is 0 Å². The van der Waals surface area contributed by atoms with Crippen LogP contribution in [0.3, 0.4) is 0 Å². The fourth-order valence-electron chi connectivity index (χ4n) is 6.04. The number of Topliss-reactive ketones (excluding diaryl/α,β-unsaturated/α-hetero) is 1. The number of pyridine rings is 1. The molecule has 0 saturated carbocycles. The van der Waals surface area contributed by atoms with Crippen LogP contribution in [0.15, 0.2) is 24.3 Å². The SMILES string of the molecule is Cc1cc(Cl)nc(C)c1C(=O)CCC[C@@H](C)N1CCC(N(CC(C)(C)C)C(=O)Cc2cccc3c2OCO3)CC1. The number of nitrogens with zero attached hydrogens (tertiary/aromatic N) is 3. The lowest BCUT2D eigenvalue weighted by Gasteiger charge is -2.43. The summed E-state index contributed by atoms with van der Waals surface area (Å²) >= 11 is 6.03. The molecule has 1 aromatic carbocycles. The van der Waals surface area contributed by atoms with Crippen molar-refractivity contribution in [1.29, 1.82) is 0 Å². The maximum absolute atomic E-state index is 13.7. The van der Waals surface area contributed by atoms with Crippen LogP contribution in [0.1, 0.15) is 87.0 Å². The van der Waals surface area contributed by atoms with E-state index in [9.17, 15) is 9.59 Å². The smallest absolute Gasteiger partial charge is 0.231 e. The number of carbonyl (C=O) groups excluding carboxylic acids is 2. The number of rotatable bonds is 10. The van der Waals surface area contributed by atoms with Gasteiger partial charge in [-0.25, -0.2) is 4.98 Å². The van der Waals surface area contributed by atoms with Gasteiger partial charge >= 0.3 is 0 Å². The van der Waals surface area contributed by atoms with E-state index in [-0.39, 0.29) is 29.9 Å². The molecule has 7 nitrogen and oxygen atoms in total. The zero-order valence-electron chi connectivity index (χ0n) is 24.9. The summed E-state index contributed by atoms with van der Waals surface area (Å²) in [5.41, 5.74) is 3.20. The maximum Gasteiger partial charge on any atom is 0.231 e. The minimum Gasteiger partial charge on any atom is -0.454 e. The Morgan fingerprint density at radius 1 is 1.18 bits per heavy atom. The minimum absolute atomic E-state index is 0.00118. The largest absolute Gasteiger partial charge is 0.454 e. The molecule has 1 fully saturated rings. The second-order valence-electron chi connectivity index (χ2n) is 12.6. The molecular formula is C32H44ClN3O4. The molecule has 3 heterocycles. The van der Waals surface area contributed by atoms with E-state index in [0.717, 1.165) is 56.4 Å². The molecule has 0 N–H and O–H groups in total. The Kier molecular flexibility index (Phi) is 9.78. The Hall–Kier alpha value is -2.64. The predicted molar refractivity (Wildman–Crippen MR) is 158 cm³/mol. The van der Waals surface area contributed by atoms with E-state index in [0.29, 0.717) is 46.8 Å². The average molecular weight is 570 g/mol. The number of para-hydroxylation sites is 1. The monoisotopic (exact) mass is 569 g/mol. The Bertz CT molecular complexity index is 1190. The Morgan fingerprint density at radius 2 is 1.90 bits per heavy atom. The van der Waals surface area contributed by atoms with Crippen molar-refractivity contribution < 1.29 is 19.1 Å². The molecule has 1 aromatic heterocycles. The van der Waals surface area contributed by atoms with Crippen LogP contribution in [-0.2, 0) is 11.2 Å². The van der Waals surface area contributed by atoms with Crippen LogP contribution < -0.4 is 9.47 Å². The second-order valence-corrected chi connectivity index (χ2v) is 13.0. The standard InChI is InChI=1S/C32H44ClN3O4/c1-21-17-28(33)34-23(3)30(21)26(37)11-7-9-22(2)35-15-13-25(14-16-35)36(19-32(4,5)6)29(38)18-24-10-8-12-27-31(24)40-20-39-27/h8,10,12,17,22,25H,7,9,11,13-16,18-20H2,1-6H3/t22-/m1/s1. The van der Waals surface area contributed by atoms with Crippen molar-refractivity contribution >= 4 is 23.3 Å². The lowest BCUT2D eigenvalue weighted by Crippen LogP contribution is -2.51. The van der Waals surface area contributed by atoms with Crippen molar-refractivity contribution in [2.75, 3.05) is 26.4 Å². The number of benzene rings is 1. The molecular weight excluding hydrogens is 526 g/mol. The fraction of sp³-hybridized carbons (Fsp3) is 0.594. The van der Waals surface area contributed by atoms with E-state index in [1.165, 1.54) is 0 Å². The summed E-state index contributed by atoms with van der Waals surface area (Å²) in [6.45, 7) is 15.4. The number of hydrogen-bond donors (Lipinski definition) is 0. The van der Waals surface area contributed by atoms with E-state index >= 15 is 0 Å². The van der Waals surface area contributed by atoms with Gasteiger partial charge in [0.2, 0.25) is 12.7 Å². The van der Waals surface area contributed by atoms with E-state index in [1.807, 2.05) is 32.0 Å². The minimum atomic E-state index is 0.00118. The first-order valence-electron chi connectivity index (χ1n) is 14.5. The number of aromatic nitrogens is 1. The highest BCUT2D eigenvalue weighted by atomic mass is 35.5. The summed E-state index contributed by atoms with van der Waals surface area (Å²) in [7, 11) is 0. The average Bonchev–Trinajstić information content (AvgIpc) is 3.36. The van der Waals surface area contributed by atoms with Gasteiger partial charge in [-0.05, 0) is 69.6 Å². The molecule has 2 aliphatic heterocycles. The molecule has 0 bridgehead atoms. The number of halogens is 1. The first kappa shape index (κ1) is 30.3. The van der Waals surface area contributed by atoms with E-state index in [2.05, 4.69) is 42.5 Å². The molecule has 0 aliphatic carbocycles. The second kappa shape index (κ2) is 12.9. The van der Waals surface area contributed by atoms with Gasteiger partial charge < -0.3 is 19.3 Å². The third-order valence-electron chi connectivity index (χ3n) is 8.02. The van der Waals surface area contributed by atoms with Gasteiger partial charge in [-0.15, -0.1) is 0 Å². The van der Waals surface area contributed by atoms with Crippen LogP contribution in [-0.4, -0.2) is 65.0 Å². The number of hydrogen-bond acceptors (Lipinski definition) is 6. The van der Waals surface area contributed by atoms with Crippen molar-refractivity contribution in [3.63, 3.8) is 0 Å². The van der Waals surface area contributed by atoms with Crippen LogP contribution in [0, 0.1) is 19.3 Å².